The van der Waals surface area contributed by atoms with Crippen LogP contribution in [-0.4, -0.2) is 17.1 Å². The van der Waals surface area contributed by atoms with Gasteiger partial charge in [0.05, 0.1) is 17.6 Å². The Morgan fingerprint density at radius 3 is 2.81 bits per heavy atom. The minimum Gasteiger partial charge on any atom is -0.494 e. The Hall–Kier alpha value is -2.60. The van der Waals surface area contributed by atoms with Crippen molar-refractivity contribution in [1.29, 1.82) is 0 Å². The van der Waals surface area contributed by atoms with Gasteiger partial charge in [-0.3, -0.25) is 9.59 Å². The number of carbonyl (C=O) groups is 1. The van der Waals surface area contributed by atoms with Crippen LogP contribution in [-0.2, 0) is 13.1 Å². The van der Waals surface area contributed by atoms with E-state index in [4.69, 9.17) is 4.74 Å². The Morgan fingerprint density at radius 1 is 1.26 bits per heavy atom. The van der Waals surface area contributed by atoms with Crippen LogP contribution in [0.3, 0.4) is 0 Å². The van der Waals surface area contributed by atoms with Crippen molar-refractivity contribution in [2.75, 3.05) is 6.61 Å². The van der Waals surface area contributed by atoms with Gasteiger partial charge in [0.25, 0.3) is 11.5 Å². The number of thiophene rings is 1. The maximum atomic E-state index is 12.9. The molecule has 0 saturated heterocycles. The van der Waals surface area contributed by atoms with Crippen LogP contribution in [0.4, 0.5) is 0 Å². The van der Waals surface area contributed by atoms with E-state index in [1.807, 2.05) is 57.3 Å². The monoisotopic (exact) mass is 384 g/mol. The highest BCUT2D eigenvalue weighted by Gasteiger charge is 2.20. The van der Waals surface area contributed by atoms with Crippen molar-refractivity contribution in [3.63, 3.8) is 0 Å². The topological polar surface area (TPSA) is 60.3 Å². The zero-order valence-electron chi connectivity index (χ0n) is 15.9. The smallest absolute Gasteiger partial charge is 0.260 e. The second-order valence-electron chi connectivity index (χ2n) is 6.35. The zero-order chi connectivity index (χ0) is 19.4. The fourth-order valence-electron chi connectivity index (χ4n) is 3.14. The first-order chi connectivity index (χ1) is 13.0. The zero-order valence-corrected chi connectivity index (χ0v) is 16.7. The molecule has 0 unspecified atom stereocenters. The number of aromatic nitrogens is 1. The molecule has 2 aromatic heterocycles. The molecule has 0 aliphatic heterocycles. The van der Waals surface area contributed by atoms with Gasteiger partial charge in [-0.15, -0.1) is 11.3 Å². The average Bonchev–Trinajstić information content (AvgIpc) is 3.00. The molecule has 0 fully saturated rings. The highest BCUT2D eigenvalue weighted by Crippen LogP contribution is 2.28. The number of pyridine rings is 1. The number of fused-ring (bicyclic) bond motifs is 1. The molecule has 27 heavy (non-hydrogen) atoms. The summed E-state index contributed by atoms with van der Waals surface area (Å²) in [6.07, 6.45) is 2.68. The third kappa shape index (κ3) is 4.06. The van der Waals surface area contributed by atoms with E-state index in [0.29, 0.717) is 30.6 Å². The van der Waals surface area contributed by atoms with E-state index in [9.17, 15) is 9.59 Å². The summed E-state index contributed by atoms with van der Waals surface area (Å²) < 4.78 is 8.03. The van der Waals surface area contributed by atoms with E-state index in [2.05, 4.69) is 5.32 Å². The van der Waals surface area contributed by atoms with E-state index in [1.165, 1.54) is 11.3 Å². The Morgan fingerprint density at radius 2 is 2.07 bits per heavy atom. The van der Waals surface area contributed by atoms with Gasteiger partial charge in [0, 0.05) is 28.9 Å². The fraction of sp³-hybridized carbons (Fsp3) is 0.333. The number of nitrogens with one attached hydrogen (secondary N) is 1. The predicted octanol–water partition coefficient (Wildman–Crippen LogP) is 4.11. The van der Waals surface area contributed by atoms with Crippen LogP contribution in [0.25, 0.3) is 10.1 Å². The van der Waals surface area contributed by atoms with Gasteiger partial charge < -0.3 is 14.6 Å². The van der Waals surface area contributed by atoms with Crippen molar-refractivity contribution < 1.29 is 9.53 Å². The van der Waals surface area contributed by atoms with Crippen LogP contribution < -0.4 is 15.6 Å². The van der Waals surface area contributed by atoms with Crippen LogP contribution in [0.2, 0.25) is 0 Å². The van der Waals surface area contributed by atoms with Gasteiger partial charge in [0.15, 0.2) is 0 Å². The quantitative estimate of drug-likeness (QED) is 0.667. The molecule has 0 aliphatic rings. The molecule has 1 aromatic carbocycles. The summed E-state index contributed by atoms with van der Waals surface area (Å²) in [5, 5.41) is 3.47. The minimum absolute atomic E-state index is 0.0952. The van der Waals surface area contributed by atoms with E-state index in [1.54, 1.807) is 4.57 Å². The third-order valence-corrected chi connectivity index (χ3v) is 5.42. The first-order valence-corrected chi connectivity index (χ1v) is 9.99. The van der Waals surface area contributed by atoms with Gasteiger partial charge in [0.1, 0.15) is 5.75 Å². The highest BCUT2D eigenvalue weighted by atomic mass is 32.1. The van der Waals surface area contributed by atoms with Crippen molar-refractivity contribution in [1.82, 2.24) is 9.88 Å². The molecule has 142 valence electrons. The third-order valence-electron chi connectivity index (χ3n) is 4.35. The number of hydrogen-bond acceptors (Lipinski definition) is 4. The first kappa shape index (κ1) is 19.2. The predicted molar refractivity (Wildman–Crippen MR) is 110 cm³/mol. The second-order valence-corrected chi connectivity index (χ2v) is 7.61. The lowest BCUT2D eigenvalue weighted by Gasteiger charge is -2.09. The molecule has 0 radical (unpaired) electrons. The second kappa shape index (κ2) is 8.39. The molecule has 6 heteroatoms. The van der Waals surface area contributed by atoms with Crippen molar-refractivity contribution in [3.8, 4) is 5.75 Å². The van der Waals surface area contributed by atoms with Crippen molar-refractivity contribution in [2.45, 2.75) is 40.3 Å². The largest absolute Gasteiger partial charge is 0.494 e. The lowest BCUT2D eigenvalue weighted by Crippen LogP contribution is -2.26. The Kier molecular flexibility index (Phi) is 5.96. The molecule has 0 atom stereocenters. The standard InChI is InChI=1S/C21H24N2O3S/c1-4-10-23-11-9-17-19(21(23)25)18(14(3)27-17)20(24)22-13-15-7-6-8-16(12-15)26-5-2/h6-9,11-12H,4-5,10,13H2,1-3H3,(H,22,24). The number of hydrogen-bond donors (Lipinski definition) is 1. The van der Waals surface area contributed by atoms with Crippen LogP contribution in [0, 0.1) is 6.92 Å². The summed E-state index contributed by atoms with van der Waals surface area (Å²) in [6, 6.07) is 9.57. The molecule has 2 heterocycles. The summed E-state index contributed by atoms with van der Waals surface area (Å²) in [5.74, 6) is 0.566. The van der Waals surface area contributed by atoms with Gasteiger partial charge in [-0.1, -0.05) is 19.1 Å². The maximum Gasteiger partial charge on any atom is 0.260 e. The molecule has 1 N–H and O–H groups in total. The summed E-state index contributed by atoms with van der Waals surface area (Å²) in [5.41, 5.74) is 1.35. The van der Waals surface area contributed by atoms with E-state index < -0.39 is 0 Å². The number of benzene rings is 1. The van der Waals surface area contributed by atoms with E-state index >= 15 is 0 Å². The SMILES string of the molecule is CCCn1ccc2sc(C)c(C(=O)NCc3cccc(OCC)c3)c2c1=O. The average molecular weight is 385 g/mol. The summed E-state index contributed by atoms with van der Waals surface area (Å²) >= 11 is 1.48. The lowest BCUT2D eigenvalue weighted by atomic mass is 10.1. The summed E-state index contributed by atoms with van der Waals surface area (Å²) in [7, 11) is 0. The van der Waals surface area contributed by atoms with E-state index in [0.717, 1.165) is 27.3 Å². The molecule has 0 spiro atoms. The van der Waals surface area contributed by atoms with Gasteiger partial charge >= 0.3 is 0 Å². The Bertz CT molecular complexity index is 1020. The molecule has 0 aliphatic carbocycles. The molecule has 3 aromatic rings. The van der Waals surface area contributed by atoms with Crippen LogP contribution in [0.1, 0.15) is 41.1 Å². The molecule has 0 bridgehead atoms. The number of aryl methyl sites for hydroxylation is 2. The number of nitrogens with zero attached hydrogens (tertiary/aromatic N) is 1. The van der Waals surface area contributed by atoms with Crippen LogP contribution in [0.15, 0.2) is 41.3 Å². The number of amides is 1. The minimum atomic E-state index is -0.216. The van der Waals surface area contributed by atoms with Crippen molar-refractivity contribution >= 4 is 27.3 Å². The Labute approximate surface area is 162 Å². The molecular weight excluding hydrogens is 360 g/mol. The fourth-order valence-corrected chi connectivity index (χ4v) is 4.18. The Balaban J connectivity index is 1.87. The molecular formula is C21H24N2O3S. The molecule has 3 rings (SSSR count). The van der Waals surface area contributed by atoms with Gasteiger partial charge in [0.2, 0.25) is 0 Å². The van der Waals surface area contributed by atoms with Gasteiger partial charge in [-0.2, -0.15) is 0 Å². The highest BCUT2D eigenvalue weighted by molar-refractivity contribution is 7.19. The van der Waals surface area contributed by atoms with Crippen molar-refractivity contribution in [3.05, 3.63) is 62.9 Å². The maximum absolute atomic E-state index is 12.9. The molecule has 1 amide bonds. The number of carbonyl (C=O) groups excluding carboxylic acids is 1. The summed E-state index contributed by atoms with van der Waals surface area (Å²) in [4.78, 5) is 26.5. The number of rotatable bonds is 7. The normalized spacial score (nSPS) is 10.9. The van der Waals surface area contributed by atoms with Crippen molar-refractivity contribution in [2.24, 2.45) is 0 Å². The molecule has 5 nitrogen and oxygen atoms in total. The van der Waals surface area contributed by atoms with Gasteiger partial charge in [-0.05, 0) is 44.0 Å². The first-order valence-electron chi connectivity index (χ1n) is 9.17. The number of ether oxygens (including phenoxy) is 1. The molecule has 0 saturated carbocycles. The van der Waals surface area contributed by atoms with Gasteiger partial charge in [-0.25, -0.2) is 0 Å². The van der Waals surface area contributed by atoms with E-state index in [-0.39, 0.29) is 11.5 Å². The lowest BCUT2D eigenvalue weighted by molar-refractivity contribution is 0.0952. The summed E-state index contributed by atoms with van der Waals surface area (Å²) in [6.45, 7) is 7.48. The van der Waals surface area contributed by atoms with Crippen LogP contribution >= 0.6 is 11.3 Å². The van der Waals surface area contributed by atoms with Crippen LogP contribution in [0.5, 0.6) is 5.75 Å².